The first-order valence-electron chi connectivity index (χ1n) is 8.63. The van der Waals surface area contributed by atoms with Gasteiger partial charge in [-0.15, -0.1) is 0 Å². The van der Waals surface area contributed by atoms with Crippen LogP contribution in [-0.2, 0) is 10.5 Å². The maximum Gasteiger partial charge on any atom is 0.224 e. The Balaban J connectivity index is 1.39. The molecule has 1 aromatic heterocycles. The van der Waals surface area contributed by atoms with Crippen molar-refractivity contribution in [3.8, 4) is 0 Å². The van der Waals surface area contributed by atoms with Crippen LogP contribution in [-0.4, -0.2) is 48.6 Å². The largest absolute Gasteiger partial charge is 0.378 e. The summed E-state index contributed by atoms with van der Waals surface area (Å²) in [6.07, 6.45) is 2.21. The van der Waals surface area contributed by atoms with Crippen LogP contribution in [0.25, 0.3) is 0 Å². The number of aromatic nitrogens is 2. The molecule has 0 bridgehead atoms. The van der Waals surface area contributed by atoms with Crippen molar-refractivity contribution in [2.24, 2.45) is 0 Å². The topological polar surface area (TPSA) is 50.3 Å². The van der Waals surface area contributed by atoms with E-state index in [1.54, 1.807) is 0 Å². The van der Waals surface area contributed by atoms with Crippen LogP contribution >= 0.6 is 23.4 Å². The number of hydrogen-bond donors (Lipinski definition) is 1. The fourth-order valence-corrected chi connectivity index (χ4v) is 3.63. The van der Waals surface area contributed by atoms with Crippen molar-refractivity contribution in [2.75, 3.05) is 48.8 Å². The number of hydrogen-bond acceptors (Lipinski definition) is 6. The summed E-state index contributed by atoms with van der Waals surface area (Å²) in [7, 11) is 0. The Bertz CT molecular complexity index is 698. The summed E-state index contributed by atoms with van der Waals surface area (Å²) in [5.41, 5.74) is 1.27. The Morgan fingerprint density at radius 2 is 2.00 bits per heavy atom. The zero-order valence-electron chi connectivity index (χ0n) is 14.5. The van der Waals surface area contributed by atoms with Crippen molar-refractivity contribution in [3.63, 3.8) is 0 Å². The van der Waals surface area contributed by atoms with Gasteiger partial charge in [0, 0.05) is 30.4 Å². The molecule has 1 saturated heterocycles. The predicted molar refractivity (Wildman–Crippen MR) is 106 cm³/mol. The molecule has 0 atom stereocenters. The van der Waals surface area contributed by atoms with Gasteiger partial charge in [-0.1, -0.05) is 23.7 Å². The van der Waals surface area contributed by atoms with E-state index in [9.17, 15) is 4.39 Å². The minimum absolute atomic E-state index is 0.350. The lowest BCUT2D eigenvalue weighted by Gasteiger charge is -2.28. The van der Waals surface area contributed by atoms with Gasteiger partial charge in [-0.3, -0.25) is 0 Å². The lowest BCUT2D eigenvalue weighted by Crippen LogP contribution is -2.37. The first kappa shape index (κ1) is 19.2. The number of thioether (sulfide) groups is 1. The Morgan fingerprint density at radius 1 is 1.23 bits per heavy atom. The Morgan fingerprint density at radius 3 is 2.77 bits per heavy atom. The Labute approximate surface area is 162 Å². The van der Waals surface area contributed by atoms with Gasteiger partial charge in [-0.25, -0.2) is 9.37 Å². The molecular formula is C18H22ClFN4OS. The van der Waals surface area contributed by atoms with E-state index < -0.39 is 5.82 Å². The molecular weight excluding hydrogens is 375 g/mol. The summed E-state index contributed by atoms with van der Waals surface area (Å²) < 4.78 is 19.3. The van der Waals surface area contributed by atoms with Crippen molar-refractivity contribution in [2.45, 2.75) is 12.2 Å². The second-order valence-electron chi connectivity index (χ2n) is 5.92. The number of nitrogens with one attached hydrogen (secondary N) is 1. The lowest BCUT2D eigenvalue weighted by atomic mass is 10.2. The third kappa shape index (κ3) is 5.72. The molecule has 140 valence electrons. The molecule has 1 aliphatic rings. The molecule has 0 spiro atoms. The molecule has 0 saturated carbocycles. The van der Waals surface area contributed by atoms with Gasteiger partial charge in [-0.2, -0.15) is 16.7 Å². The average Bonchev–Trinajstić information content (AvgIpc) is 2.68. The summed E-state index contributed by atoms with van der Waals surface area (Å²) in [4.78, 5) is 10.3. The van der Waals surface area contributed by atoms with Gasteiger partial charge in [0.15, 0.2) is 11.6 Å². The normalized spacial score (nSPS) is 14.5. The van der Waals surface area contributed by atoms with Gasteiger partial charge in [0.25, 0.3) is 0 Å². The number of ether oxygens (including phenoxy) is 1. The molecule has 0 unspecified atom stereocenters. The first-order chi connectivity index (χ1) is 12.7. The molecule has 26 heavy (non-hydrogen) atoms. The van der Waals surface area contributed by atoms with E-state index in [0.29, 0.717) is 38.1 Å². The van der Waals surface area contributed by atoms with Gasteiger partial charge in [0.1, 0.15) is 0 Å². The molecule has 3 rings (SSSR count). The summed E-state index contributed by atoms with van der Waals surface area (Å²) in [5, 5.41) is 3.94. The Kier molecular flexibility index (Phi) is 7.34. The van der Waals surface area contributed by atoms with Crippen LogP contribution in [0.3, 0.4) is 0 Å². The number of rotatable bonds is 8. The highest BCUT2D eigenvalue weighted by atomic mass is 35.5. The van der Waals surface area contributed by atoms with Crippen LogP contribution in [0.1, 0.15) is 12.0 Å². The van der Waals surface area contributed by atoms with Crippen LogP contribution < -0.4 is 10.2 Å². The maximum absolute atomic E-state index is 14.0. The van der Waals surface area contributed by atoms with E-state index in [-0.39, 0.29) is 0 Å². The molecule has 0 radical (unpaired) electrons. The van der Waals surface area contributed by atoms with Crippen molar-refractivity contribution >= 4 is 35.1 Å². The van der Waals surface area contributed by atoms with Crippen LogP contribution in [0, 0.1) is 5.82 Å². The number of nitrogens with zero attached hydrogens (tertiary/aromatic N) is 3. The molecule has 1 aliphatic heterocycles. The van der Waals surface area contributed by atoms with E-state index in [0.717, 1.165) is 29.5 Å². The zero-order chi connectivity index (χ0) is 18.2. The highest BCUT2D eigenvalue weighted by Gasteiger charge is 2.17. The van der Waals surface area contributed by atoms with Gasteiger partial charge in [-0.05, 0) is 29.9 Å². The second kappa shape index (κ2) is 9.94. The summed E-state index contributed by atoms with van der Waals surface area (Å²) in [6.45, 7) is 3.24. The smallest absolute Gasteiger partial charge is 0.224 e. The van der Waals surface area contributed by atoms with Crippen molar-refractivity contribution in [1.29, 1.82) is 0 Å². The summed E-state index contributed by atoms with van der Waals surface area (Å²) >= 11 is 7.75. The molecule has 1 aromatic carbocycles. The first-order valence-corrected chi connectivity index (χ1v) is 10.2. The van der Waals surface area contributed by atoms with Crippen molar-refractivity contribution in [3.05, 3.63) is 46.9 Å². The Hall–Kier alpha value is -1.57. The summed E-state index contributed by atoms with van der Waals surface area (Å²) in [6, 6.07) is 7.92. The lowest BCUT2D eigenvalue weighted by molar-refractivity contribution is 0.122. The van der Waals surface area contributed by atoms with Crippen LogP contribution in [0.5, 0.6) is 0 Å². The minimum Gasteiger partial charge on any atom is -0.378 e. The third-order valence-electron chi connectivity index (χ3n) is 3.97. The van der Waals surface area contributed by atoms with Gasteiger partial charge in [0.05, 0.1) is 19.4 Å². The zero-order valence-corrected chi connectivity index (χ0v) is 16.0. The van der Waals surface area contributed by atoms with Gasteiger partial charge >= 0.3 is 0 Å². The highest BCUT2D eigenvalue weighted by Crippen LogP contribution is 2.19. The average molecular weight is 397 g/mol. The van der Waals surface area contributed by atoms with E-state index in [1.165, 1.54) is 11.8 Å². The maximum atomic E-state index is 14.0. The van der Waals surface area contributed by atoms with Crippen LogP contribution in [0.4, 0.5) is 16.2 Å². The summed E-state index contributed by atoms with van der Waals surface area (Å²) in [5.74, 6) is 2.41. The van der Waals surface area contributed by atoms with E-state index >= 15 is 0 Å². The molecule has 0 aliphatic carbocycles. The van der Waals surface area contributed by atoms with E-state index in [2.05, 4.69) is 15.3 Å². The molecule has 1 fully saturated rings. The van der Waals surface area contributed by atoms with E-state index in [1.807, 2.05) is 40.9 Å². The van der Waals surface area contributed by atoms with Gasteiger partial charge in [0.2, 0.25) is 5.95 Å². The monoisotopic (exact) mass is 396 g/mol. The number of morpholine rings is 1. The number of halogens is 2. The van der Waals surface area contributed by atoms with Crippen LogP contribution in [0.15, 0.2) is 30.5 Å². The second-order valence-corrected chi connectivity index (χ2v) is 7.47. The predicted octanol–water partition coefficient (Wildman–Crippen LogP) is 3.84. The molecule has 2 aromatic rings. The molecule has 1 N–H and O–H groups in total. The number of benzene rings is 1. The van der Waals surface area contributed by atoms with E-state index in [4.69, 9.17) is 16.3 Å². The molecule has 8 heteroatoms. The van der Waals surface area contributed by atoms with Crippen molar-refractivity contribution in [1.82, 2.24) is 9.97 Å². The van der Waals surface area contributed by atoms with Crippen molar-refractivity contribution < 1.29 is 9.13 Å². The van der Waals surface area contributed by atoms with Crippen LogP contribution in [0.2, 0.25) is 5.02 Å². The molecule has 0 amide bonds. The standard InChI is InChI=1S/C18H22ClFN4OS/c19-15-4-2-14(3-5-15)13-26-11-1-6-21-18-22-12-16(20)17(23-18)24-7-9-25-10-8-24/h2-5,12H,1,6-11,13H2,(H,21,22,23). The minimum atomic E-state index is -0.393. The molecule has 2 heterocycles. The number of anilines is 2. The van der Waals surface area contributed by atoms with Gasteiger partial charge < -0.3 is 15.0 Å². The quantitative estimate of drug-likeness (QED) is 0.684. The fraction of sp³-hybridized carbons (Fsp3) is 0.444. The SMILES string of the molecule is Fc1cnc(NCCCSCc2ccc(Cl)cc2)nc1N1CCOCC1. The highest BCUT2D eigenvalue weighted by molar-refractivity contribution is 7.98. The third-order valence-corrected chi connectivity index (χ3v) is 5.33. The fourth-order valence-electron chi connectivity index (χ4n) is 2.59. The molecule has 5 nitrogen and oxygen atoms in total.